The molecule has 2 heterocycles. The summed E-state index contributed by atoms with van der Waals surface area (Å²) in [6.07, 6.45) is 1.35. The molecule has 0 aliphatic rings. The molecule has 3 aromatic carbocycles. The lowest BCUT2D eigenvalue weighted by atomic mass is 10.1. The van der Waals surface area contributed by atoms with Gasteiger partial charge in [0.25, 0.3) is 0 Å². The molecule has 0 aliphatic heterocycles. The van der Waals surface area contributed by atoms with E-state index in [0.717, 1.165) is 33.1 Å². The number of aromatic nitrogens is 3. The highest BCUT2D eigenvalue weighted by molar-refractivity contribution is 5.98. The molecule has 0 amide bonds. The van der Waals surface area contributed by atoms with E-state index in [1.807, 2.05) is 91.5 Å². The summed E-state index contributed by atoms with van der Waals surface area (Å²) in [6, 6.07) is 23.3. The molecular weight excluding hydrogens is 428 g/mol. The number of nitrogens with zero attached hydrogens (tertiary/aromatic N) is 5. The number of aryl methyl sites for hydroxylation is 1. The summed E-state index contributed by atoms with van der Waals surface area (Å²) in [7, 11) is 0. The lowest BCUT2D eigenvalue weighted by Gasteiger charge is -2.24. The van der Waals surface area contributed by atoms with Crippen molar-refractivity contribution in [2.45, 2.75) is 13.8 Å². The summed E-state index contributed by atoms with van der Waals surface area (Å²) < 4.78 is 0. The highest BCUT2D eigenvalue weighted by atomic mass is 16.6. The molecule has 5 aromatic rings. The zero-order valence-corrected chi connectivity index (χ0v) is 18.8. The molecule has 0 fully saturated rings. The van der Waals surface area contributed by atoms with E-state index in [-0.39, 0.29) is 17.3 Å². The smallest absolute Gasteiger partial charge is 0.334 e. The minimum atomic E-state index is -0.432. The van der Waals surface area contributed by atoms with Gasteiger partial charge in [-0.3, -0.25) is 15.1 Å². The maximum atomic E-state index is 12.3. The molecule has 34 heavy (non-hydrogen) atoms. The van der Waals surface area contributed by atoms with E-state index < -0.39 is 4.92 Å². The minimum absolute atomic E-state index is 0.127. The van der Waals surface area contributed by atoms with Crippen molar-refractivity contribution in [1.82, 2.24) is 15.0 Å². The van der Waals surface area contributed by atoms with E-state index in [4.69, 9.17) is 0 Å². The lowest BCUT2D eigenvalue weighted by Crippen LogP contribution is -2.20. The van der Waals surface area contributed by atoms with Crippen molar-refractivity contribution in [2.75, 3.05) is 16.8 Å². The average molecular weight is 451 g/mol. The summed E-state index contributed by atoms with van der Waals surface area (Å²) in [5.74, 6) is 0.359. The summed E-state index contributed by atoms with van der Waals surface area (Å²) in [6.45, 7) is 4.36. The first kappa shape index (κ1) is 21.3. The largest absolute Gasteiger partial charge is 0.354 e. The van der Waals surface area contributed by atoms with Gasteiger partial charge >= 0.3 is 5.69 Å². The van der Waals surface area contributed by atoms with Crippen molar-refractivity contribution in [3.8, 4) is 0 Å². The van der Waals surface area contributed by atoms with E-state index in [1.54, 1.807) is 0 Å². The number of rotatable bonds is 6. The van der Waals surface area contributed by atoms with Crippen LogP contribution in [0.1, 0.15) is 12.6 Å². The van der Waals surface area contributed by atoms with Crippen LogP contribution in [0.5, 0.6) is 0 Å². The normalized spacial score (nSPS) is 11.0. The highest BCUT2D eigenvalue weighted by Crippen LogP contribution is 2.39. The van der Waals surface area contributed by atoms with E-state index in [1.165, 1.54) is 6.33 Å². The van der Waals surface area contributed by atoms with Gasteiger partial charge < -0.3 is 10.2 Å². The summed E-state index contributed by atoms with van der Waals surface area (Å²) in [4.78, 5) is 26.9. The monoisotopic (exact) mass is 450 g/mol. The lowest BCUT2D eigenvalue weighted by molar-refractivity contribution is -0.383. The van der Waals surface area contributed by atoms with Crippen LogP contribution >= 0.6 is 0 Å². The fourth-order valence-corrected chi connectivity index (χ4v) is 4.20. The second kappa shape index (κ2) is 8.74. The Labute approximate surface area is 196 Å². The van der Waals surface area contributed by atoms with Crippen molar-refractivity contribution < 1.29 is 4.92 Å². The third-order valence-corrected chi connectivity index (χ3v) is 5.74. The first-order chi connectivity index (χ1) is 16.6. The van der Waals surface area contributed by atoms with Gasteiger partial charge in [0.15, 0.2) is 0 Å². The highest BCUT2D eigenvalue weighted by Gasteiger charge is 2.28. The van der Waals surface area contributed by atoms with Gasteiger partial charge in [-0.25, -0.2) is 9.97 Å². The molecule has 5 rings (SSSR count). The molecule has 0 atom stereocenters. The maximum absolute atomic E-state index is 12.3. The number of nitro groups is 1. The number of anilines is 4. The van der Waals surface area contributed by atoms with E-state index in [0.29, 0.717) is 12.2 Å². The molecule has 8 heteroatoms. The molecule has 0 bridgehead atoms. The Morgan fingerprint density at radius 3 is 2.56 bits per heavy atom. The van der Waals surface area contributed by atoms with Crippen LogP contribution in [-0.4, -0.2) is 26.4 Å². The number of benzene rings is 3. The molecule has 0 saturated heterocycles. The first-order valence-electron chi connectivity index (χ1n) is 10.9. The fourth-order valence-electron chi connectivity index (χ4n) is 4.20. The predicted octanol–water partition coefficient (Wildman–Crippen LogP) is 6.30. The minimum Gasteiger partial charge on any atom is -0.334 e. The van der Waals surface area contributed by atoms with Gasteiger partial charge in [0.05, 0.1) is 16.1 Å². The van der Waals surface area contributed by atoms with Crippen LogP contribution in [0.3, 0.4) is 0 Å². The molecule has 0 unspecified atom stereocenters. The zero-order chi connectivity index (χ0) is 23.7. The summed E-state index contributed by atoms with van der Waals surface area (Å²) in [5, 5.41) is 18.4. The number of hydrogen-bond acceptors (Lipinski definition) is 7. The van der Waals surface area contributed by atoms with Crippen molar-refractivity contribution in [3.63, 3.8) is 0 Å². The van der Waals surface area contributed by atoms with Crippen molar-refractivity contribution in [3.05, 3.63) is 94.9 Å². The average Bonchev–Trinajstić information content (AvgIpc) is 2.84. The second-order valence-electron chi connectivity index (χ2n) is 7.84. The number of nitrogens with one attached hydrogen (secondary N) is 1. The van der Waals surface area contributed by atoms with Crippen LogP contribution < -0.4 is 10.2 Å². The van der Waals surface area contributed by atoms with Crippen LogP contribution in [0.4, 0.5) is 28.7 Å². The SMILES string of the molecule is CCN(c1ncnc(Nc2cccc3nc(C)ccc23)c1[N+](=O)[O-])c1cccc2ccccc12. The molecule has 0 spiro atoms. The van der Waals surface area contributed by atoms with Crippen LogP contribution in [-0.2, 0) is 0 Å². The van der Waals surface area contributed by atoms with Gasteiger partial charge in [0, 0.05) is 28.7 Å². The Balaban J connectivity index is 1.65. The molecule has 1 N–H and O–H groups in total. The van der Waals surface area contributed by atoms with Gasteiger partial charge in [-0.2, -0.15) is 0 Å². The van der Waals surface area contributed by atoms with Crippen LogP contribution in [0.2, 0.25) is 0 Å². The third-order valence-electron chi connectivity index (χ3n) is 5.74. The topological polar surface area (TPSA) is 97.1 Å². The standard InChI is InChI=1S/C26H22N6O2/c1-3-31(23-13-6-9-18-8-4-5-10-19(18)23)26-24(32(33)34)25(27-16-28-26)30-22-12-7-11-21-20(22)15-14-17(2)29-21/h4-16H,3H2,1-2H3,(H,27,28,30). The van der Waals surface area contributed by atoms with Gasteiger partial charge in [0.1, 0.15) is 6.33 Å². The Bertz CT molecular complexity index is 1530. The first-order valence-corrected chi connectivity index (χ1v) is 10.9. The molecule has 0 aliphatic carbocycles. The van der Waals surface area contributed by atoms with Gasteiger partial charge in [-0.1, -0.05) is 42.5 Å². The number of pyridine rings is 1. The maximum Gasteiger partial charge on any atom is 0.354 e. The van der Waals surface area contributed by atoms with E-state index in [2.05, 4.69) is 20.3 Å². The number of hydrogen-bond donors (Lipinski definition) is 1. The zero-order valence-electron chi connectivity index (χ0n) is 18.8. The van der Waals surface area contributed by atoms with Crippen molar-refractivity contribution in [2.24, 2.45) is 0 Å². The van der Waals surface area contributed by atoms with E-state index in [9.17, 15) is 10.1 Å². The van der Waals surface area contributed by atoms with Crippen molar-refractivity contribution in [1.29, 1.82) is 0 Å². The summed E-state index contributed by atoms with van der Waals surface area (Å²) in [5.41, 5.74) is 3.04. The molecule has 168 valence electrons. The molecule has 8 nitrogen and oxygen atoms in total. The summed E-state index contributed by atoms with van der Waals surface area (Å²) >= 11 is 0. The van der Waals surface area contributed by atoms with Crippen LogP contribution in [0, 0.1) is 17.0 Å². The Hall–Kier alpha value is -4.59. The quantitative estimate of drug-likeness (QED) is 0.240. The third kappa shape index (κ3) is 3.75. The molecular formula is C26H22N6O2. The number of fused-ring (bicyclic) bond motifs is 2. The van der Waals surface area contributed by atoms with Gasteiger partial charge in [-0.05, 0) is 49.6 Å². The Morgan fingerprint density at radius 1 is 0.941 bits per heavy atom. The molecule has 0 radical (unpaired) electrons. The Kier molecular flexibility index (Phi) is 5.47. The van der Waals surface area contributed by atoms with Gasteiger partial charge in [-0.15, -0.1) is 0 Å². The molecule has 2 aromatic heterocycles. The van der Waals surface area contributed by atoms with Crippen LogP contribution in [0.25, 0.3) is 21.7 Å². The van der Waals surface area contributed by atoms with Gasteiger partial charge in [0.2, 0.25) is 11.6 Å². The fraction of sp³-hybridized carbons (Fsp3) is 0.115. The van der Waals surface area contributed by atoms with Crippen LogP contribution in [0.15, 0.2) is 79.1 Å². The second-order valence-corrected chi connectivity index (χ2v) is 7.84. The predicted molar refractivity (Wildman–Crippen MR) is 135 cm³/mol. The van der Waals surface area contributed by atoms with Crippen molar-refractivity contribution >= 4 is 50.4 Å². The van der Waals surface area contributed by atoms with E-state index >= 15 is 0 Å². The Morgan fingerprint density at radius 2 is 1.74 bits per heavy atom. The molecule has 0 saturated carbocycles.